The minimum absolute atomic E-state index is 0.251. The first-order valence-electron chi connectivity index (χ1n) is 6.24. The van der Waals surface area contributed by atoms with Crippen molar-refractivity contribution in [2.24, 2.45) is 0 Å². The predicted molar refractivity (Wildman–Crippen MR) is 80.9 cm³/mol. The van der Waals surface area contributed by atoms with Gasteiger partial charge in [0.1, 0.15) is 5.82 Å². The van der Waals surface area contributed by atoms with Gasteiger partial charge in [0.05, 0.1) is 17.2 Å². The average Bonchev–Trinajstić information content (AvgIpc) is 2.92. The highest BCUT2D eigenvalue weighted by molar-refractivity contribution is 9.10. The molecule has 0 atom stereocenters. The first-order chi connectivity index (χ1) is 9.72. The number of nitrogens with zero attached hydrogens (tertiary/aromatic N) is 2. The molecule has 0 fully saturated rings. The zero-order valence-corrected chi connectivity index (χ0v) is 12.2. The lowest BCUT2D eigenvalue weighted by Gasteiger charge is -2.03. The van der Waals surface area contributed by atoms with Crippen molar-refractivity contribution in [1.29, 1.82) is 0 Å². The smallest absolute Gasteiger partial charge is 0.137 e. The van der Waals surface area contributed by atoms with Crippen molar-refractivity contribution in [3.05, 3.63) is 76.8 Å². The van der Waals surface area contributed by atoms with E-state index >= 15 is 0 Å². The Morgan fingerprint density at radius 3 is 2.60 bits per heavy atom. The number of halogens is 2. The first-order valence-corrected chi connectivity index (χ1v) is 7.03. The number of aromatic nitrogens is 2. The third-order valence-electron chi connectivity index (χ3n) is 3.07. The molecule has 0 radical (unpaired) electrons. The van der Waals surface area contributed by atoms with Gasteiger partial charge in [-0.2, -0.15) is 5.10 Å². The van der Waals surface area contributed by atoms with Crippen molar-refractivity contribution in [3.63, 3.8) is 0 Å². The molecule has 100 valence electrons. The van der Waals surface area contributed by atoms with Gasteiger partial charge in [0, 0.05) is 11.8 Å². The average molecular weight is 331 g/mol. The topological polar surface area (TPSA) is 17.8 Å². The number of hydrogen-bond donors (Lipinski definition) is 0. The molecule has 20 heavy (non-hydrogen) atoms. The largest absolute Gasteiger partial charge is 0.268 e. The predicted octanol–water partition coefficient (Wildman–Crippen LogP) is 4.50. The molecular weight excluding hydrogens is 319 g/mol. The molecule has 1 heterocycles. The molecule has 2 aromatic carbocycles. The van der Waals surface area contributed by atoms with Gasteiger partial charge in [-0.3, -0.25) is 4.68 Å². The molecule has 2 nitrogen and oxygen atoms in total. The van der Waals surface area contributed by atoms with E-state index in [2.05, 4.69) is 33.2 Å². The lowest BCUT2D eigenvalue weighted by molar-refractivity contribution is 0.617. The van der Waals surface area contributed by atoms with Crippen molar-refractivity contribution < 1.29 is 4.39 Å². The maximum Gasteiger partial charge on any atom is 0.137 e. The van der Waals surface area contributed by atoms with Gasteiger partial charge in [0.25, 0.3) is 0 Å². The van der Waals surface area contributed by atoms with Gasteiger partial charge < -0.3 is 0 Å². The van der Waals surface area contributed by atoms with E-state index < -0.39 is 0 Å². The molecule has 0 spiro atoms. The van der Waals surface area contributed by atoms with Gasteiger partial charge in [-0.15, -0.1) is 0 Å². The van der Waals surface area contributed by atoms with Crippen molar-refractivity contribution in [3.8, 4) is 11.1 Å². The highest BCUT2D eigenvalue weighted by atomic mass is 79.9. The molecule has 3 rings (SSSR count). The first kappa shape index (κ1) is 13.1. The molecule has 0 amide bonds. The standard InChI is InChI=1S/C16H12BrFN2/c17-15-8-12(6-7-16(15)18)10-20-11-14(9-19-20)13-4-2-1-3-5-13/h1-9,11H,10H2. The third kappa shape index (κ3) is 2.80. The Hall–Kier alpha value is -1.94. The second-order valence-corrected chi connectivity index (χ2v) is 5.40. The van der Waals surface area contributed by atoms with E-state index in [-0.39, 0.29) is 5.82 Å². The minimum atomic E-state index is -0.251. The summed E-state index contributed by atoms with van der Waals surface area (Å²) >= 11 is 3.20. The van der Waals surface area contributed by atoms with E-state index in [0.717, 1.165) is 16.7 Å². The quantitative estimate of drug-likeness (QED) is 0.691. The lowest BCUT2D eigenvalue weighted by atomic mass is 10.1. The normalized spacial score (nSPS) is 10.7. The van der Waals surface area contributed by atoms with E-state index in [1.807, 2.05) is 35.3 Å². The van der Waals surface area contributed by atoms with Gasteiger partial charge in [-0.25, -0.2) is 4.39 Å². The molecule has 0 aliphatic heterocycles. The summed E-state index contributed by atoms with van der Waals surface area (Å²) in [5, 5.41) is 4.35. The van der Waals surface area contributed by atoms with Crippen LogP contribution in [-0.4, -0.2) is 9.78 Å². The minimum Gasteiger partial charge on any atom is -0.268 e. The third-order valence-corrected chi connectivity index (χ3v) is 3.68. The fraction of sp³-hybridized carbons (Fsp3) is 0.0625. The SMILES string of the molecule is Fc1ccc(Cn2cc(-c3ccccc3)cn2)cc1Br. The molecule has 0 aliphatic carbocycles. The Balaban J connectivity index is 1.82. The molecular formula is C16H12BrFN2. The summed E-state index contributed by atoms with van der Waals surface area (Å²) in [6, 6.07) is 15.1. The molecule has 0 aliphatic rings. The summed E-state index contributed by atoms with van der Waals surface area (Å²) in [5.41, 5.74) is 3.21. The summed E-state index contributed by atoms with van der Waals surface area (Å²) < 4.78 is 15.5. The highest BCUT2D eigenvalue weighted by Crippen LogP contribution is 2.20. The molecule has 4 heteroatoms. The number of rotatable bonds is 3. The Morgan fingerprint density at radius 1 is 1.05 bits per heavy atom. The van der Waals surface area contributed by atoms with Gasteiger partial charge in [0.2, 0.25) is 0 Å². The summed E-state index contributed by atoms with van der Waals surface area (Å²) in [4.78, 5) is 0. The van der Waals surface area contributed by atoms with Crippen LogP contribution < -0.4 is 0 Å². The van der Waals surface area contributed by atoms with Crippen LogP contribution in [0.15, 0.2) is 65.4 Å². The number of hydrogen-bond acceptors (Lipinski definition) is 1. The van der Waals surface area contributed by atoms with Gasteiger partial charge in [-0.05, 0) is 39.2 Å². The van der Waals surface area contributed by atoms with Gasteiger partial charge in [0.15, 0.2) is 0 Å². The van der Waals surface area contributed by atoms with Crippen molar-refractivity contribution in [2.75, 3.05) is 0 Å². The monoisotopic (exact) mass is 330 g/mol. The Kier molecular flexibility index (Phi) is 3.65. The molecule has 1 aromatic heterocycles. The highest BCUT2D eigenvalue weighted by Gasteiger charge is 2.04. The van der Waals surface area contributed by atoms with Crippen LogP contribution in [0.3, 0.4) is 0 Å². The zero-order chi connectivity index (χ0) is 13.9. The number of benzene rings is 2. The van der Waals surface area contributed by atoms with E-state index in [4.69, 9.17) is 0 Å². The van der Waals surface area contributed by atoms with Crippen LogP contribution in [0.25, 0.3) is 11.1 Å². The molecule has 0 N–H and O–H groups in total. The maximum absolute atomic E-state index is 13.2. The van der Waals surface area contributed by atoms with E-state index in [0.29, 0.717) is 11.0 Å². The summed E-state index contributed by atoms with van der Waals surface area (Å²) in [6.07, 6.45) is 3.83. The van der Waals surface area contributed by atoms with Crippen LogP contribution >= 0.6 is 15.9 Å². The van der Waals surface area contributed by atoms with Crippen LogP contribution in [0.4, 0.5) is 4.39 Å². The second-order valence-electron chi connectivity index (χ2n) is 4.54. The van der Waals surface area contributed by atoms with Gasteiger partial charge in [-0.1, -0.05) is 36.4 Å². The molecule has 0 saturated carbocycles. The van der Waals surface area contributed by atoms with Gasteiger partial charge >= 0.3 is 0 Å². The van der Waals surface area contributed by atoms with Crippen LogP contribution in [0.1, 0.15) is 5.56 Å². The van der Waals surface area contributed by atoms with Crippen LogP contribution in [0, 0.1) is 5.82 Å². The van der Waals surface area contributed by atoms with Crippen molar-refractivity contribution >= 4 is 15.9 Å². The molecule has 0 unspecified atom stereocenters. The Morgan fingerprint density at radius 2 is 1.85 bits per heavy atom. The fourth-order valence-electron chi connectivity index (χ4n) is 2.05. The van der Waals surface area contributed by atoms with Crippen molar-refractivity contribution in [1.82, 2.24) is 9.78 Å². The van der Waals surface area contributed by atoms with E-state index in [1.54, 1.807) is 12.1 Å². The fourth-order valence-corrected chi connectivity index (χ4v) is 2.48. The lowest BCUT2D eigenvalue weighted by Crippen LogP contribution is -2.00. The molecule has 0 saturated heterocycles. The van der Waals surface area contributed by atoms with Crippen LogP contribution in [0.2, 0.25) is 0 Å². The van der Waals surface area contributed by atoms with Crippen molar-refractivity contribution in [2.45, 2.75) is 6.54 Å². The van der Waals surface area contributed by atoms with Crippen LogP contribution in [0.5, 0.6) is 0 Å². The van der Waals surface area contributed by atoms with E-state index in [1.165, 1.54) is 6.07 Å². The molecule has 3 aromatic rings. The Bertz CT molecular complexity index is 722. The van der Waals surface area contributed by atoms with E-state index in [9.17, 15) is 4.39 Å². The zero-order valence-electron chi connectivity index (χ0n) is 10.6. The maximum atomic E-state index is 13.2. The molecule has 0 bridgehead atoms. The summed E-state index contributed by atoms with van der Waals surface area (Å²) in [6.45, 7) is 0.617. The summed E-state index contributed by atoms with van der Waals surface area (Å²) in [5.74, 6) is -0.251. The summed E-state index contributed by atoms with van der Waals surface area (Å²) in [7, 11) is 0. The second kappa shape index (κ2) is 5.59. The Labute approximate surface area is 125 Å². The van der Waals surface area contributed by atoms with Crippen LogP contribution in [-0.2, 0) is 6.54 Å².